The van der Waals surface area contributed by atoms with Crippen molar-refractivity contribution in [1.82, 2.24) is 10.2 Å². The highest BCUT2D eigenvalue weighted by molar-refractivity contribution is 4.81. The Labute approximate surface area is 87.1 Å². The van der Waals surface area contributed by atoms with Crippen LogP contribution in [0.15, 0.2) is 0 Å². The van der Waals surface area contributed by atoms with Crippen LogP contribution in [0.1, 0.15) is 32.6 Å². The van der Waals surface area contributed by atoms with Crippen molar-refractivity contribution in [2.75, 3.05) is 20.1 Å². The van der Waals surface area contributed by atoms with Crippen molar-refractivity contribution in [3.63, 3.8) is 0 Å². The van der Waals surface area contributed by atoms with E-state index in [1.807, 2.05) is 0 Å². The standard InChI is InChI=1S/C11H21N3/c1-10(6-7-12)14(2)9-3-8-13-11-4-5-11/h10-11,13H,3-6,8-9H2,1-2H3. The first-order valence-corrected chi connectivity index (χ1v) is 5.54. The van der Waals surface area contributed by atoms with E-state index >= 15 is 0 Å². The van der Waals surface area contributed by atoms with Crippen LogP contribution in [0.25, 0.3) is 0 Å². The molecule has 1 rings (SSSR count). The molecule has 1 N–H and O–H groups in total. The zero-order valence-corrected chi connectivity index (χ0v) is 9.29. The average Bonchev–Trinajstić information content (AvgIpc) is 2.96. The molecule has 0 saturated heterocycles. The summed E-state index contributed by atoms with van der Waals surface area (Å²) in [6.07, 6.45) is 4.54. The predicted octanol–water partition coefficient (Wildman–Crippen LogP) is 1.36. The maximum Gasteiger partial charge on any atom is 0.0638 e. The Morgan fingerprint density at radius 1 is 1.57 bits per heavy atom. The third-order valence-corrected chi connectivity index (χ3v) is 2.84. The Hall–Kier alpha value is -0.590. The fourth-order valence-electron chi connectivity index (χ4n) is 1.43. The molecule has 14 heavy (non-hydrogen) atoms. The Kier molecular flexibility index (Phi) is 4.92. The van der Waals surface area contributed by atoms with E-state index in [0.717, 1.165) is 19.1 Å². The number of hydrogen-bond acceptors (Lipinski definition) is 3. The molecule has 0 bridgehead atoms. The van der Waals surface area contributed by atoms with Crippen LogP contribution in [0, 0.1) is 11.3 Å². The first-order valence-electron chi connectivity index (χ1n) is 5.54. The largest absolute Gasteiger partial charge is 0.314 e. The molecule has 0 aromatic heterocycles. The Morgan fingerprint density at radius 3 is 2.86 bits per heavy atom. The van der Waals surface area contributed by atoms with Crippen LogP contribution in [0.4, 0.5) is 0 Å². The summed E-state index contributed by atoms with van der Waals surface area (Å²) in [5.74, 6) is 0. The van der Waals surface area contributed by atoms with Gasteiger partial charge in [-0.15, -0.1) is 0 Å². The van der Waals surface area contributed by atoms with Crippen molar-refractivity contribution >= 4 is 0 Å². The zero-order valence-electron chi connectivity index (χ0n) is 9.29. The molecule has 0 radical (unpaired) electrons. The van der Waals surface area contributed by atoms with Gasteiger partial charge >= 0.3 is 0 Å². The normalized spacial score (nSPS) is 18.1. The van der Waals surface area contributed by atoms with Crippen molar-refractivity contribution < 1.29 is 0 Å². The summed E-state index contributed by atoms with van der Waals surface area (Å²) in [5.41, 5.74) is 0. The first-order chi connectivity index (χ1) is 6.74. The van der Waals surface area contributed by atoms with Crippen LogP contribution < -0.4 is 5.32 Å². The molecule has 0 spiro atoms. The number of nitrogens with zero attached hydrogens (tertiary/aromatic N) is 2. The fourth-order valence-corrected chi connectivity index (χ4v) is 1.43. The molecule has 0 aromatic rings. The lowest BCUT2D eigenvalue weighted by atomic mass is 10.2. The Morgan fingerprint density at radius 2 is 2.29 bits per heavy atom. The van der Waals surface area contributed by atoms with Crippen LogP contribution >= 0.6 is 0 Å². The number of hydrogen-bond donors (Lipinski definition) is 1. The van der Waals surface area contributed by atoms with Crippen LogP contribution in [0.5, 0.6) is 0 Å². The molecule has 0 aromatic carbocycles. The van der Waals surface area contributed by atoms with Gasteiger partial charge in [0.05, 0.1) is 12.5 Å². The second-order valence-electron chi connectivity index (χ2n) is 4.27. The first kappa shape index (κ1) is 11.5. The van der Waals surface area contributed by atoms with E-state index in [9.17, 15) is 0 Å². The highest BCUT2D eigenvalue weighted by atomic mass is 15.1. The molecule has 0 aliphatic heterocycles. The van der Waals surface area contributed by atoms with E-state index in [0.29, 0.717) is 12.5 Å². The predicted molar refractivity (Wildman–Crippen MR) is 58.0 cm³/mol. The second-order valence-corrected chi connectivity index (χ2v) is 4.27. The summed E-state index contributed by atoms with van der Waals surface area (Å²) in [4.78, 5) is 2.26. The molecule has 1 aliphatic rings. The maximum atomic E-state index is 8.55. The van der Waals surface area contributed by atoms with Crippen LogP contribution in [0.3, 0.4) is 0 Å². The van der Waals surface area contributed by atoms with Crippen molar-refractivity contribution in [1.29, 1.82) is 5.26 Å². The van der Waals surface area contributed by atoms with Gasteiger partial charge in [0.15, 0.2) is 0 Å². The van der Waals surface area contributed by atoms with Gasteiger partial charge in [0.25, 0.3) is 0 Å². The van der Waals surface area contributed by atoms with E-state index in [1.54, 1.807) is 0 Å². The van der Waals surface area contributed by atoms with Crippen LogP contribution in [0.2, 0.25) is 0 Å². The summed E-state index contributed by atoms with van der Waals surface area (Å²) in [7, 11) is 2.10. The van der Waals surface area contributed by atoms with E-state index in [-0.39, 0.29) is 0 Å². The third kappa shape index (κ3) is 4.59. The van der Waals surface area contributed by atoms with Gasteiger partial charge in [-0.1, -0.05) is 0 Å². The molecule has 3 nitrogen and oxygen atoms in total. The van der Waals surface area contributed by atoms with E-state index in [2.05, 4.69) is 30.3 Å². The van der Waals surface area contributed by atoms with Crippen molar-refractivity contribution in [3.8, 4) is 6.07 Å². The summed E-state index contributed by atoms with van der Waals surface area (Å²) in [5, 5.41) is 12.0. The van der Waals surface area contributed by atoms with Crippen LogP contribution in [-0.4, -0.2) is 37.1 Å². The minimum atomic E-state index is 0.390. The summed E-state index contributed by atoms with van der Waals surface area (Å²) >= 11 is 0. The minimum Gasteiger partial charge on any atom is -0.314 e. The van der Waals surface area contributed by atoms with Gasteiger partial charge in [-0.3, -0.25) is 0 Å². The molecule has 0 amide bonds. The molecule has 1 unspecified atom stereocenters. The quantitative estimate of drug-likeness (QED) is 0.623. The van der Waals surface area contributed by atoms with E-state index in [4.69, 9.17) is 5.26 Å². The molecule has 1 saturated carbocycles. The maximum absolute atomic E-state index is 8.55. The van der Waals surface area contributed by atoms with Gasteiger partial charge < -0.3 is 10.2 Å². The molecule has 3 heteroatoms. The highest BCUT2D eigenvalue weighted by Gasteiger charge is 2.19. The number of nitrogens with one attached hydrogen (secondary N) is 1. The van der Waals surface area contributed by atoms with Gasteiger partial charge in [0.2, 0.25) is 0 Å². The lowest BCUT2D eigenvalue weighted by Gasteiger charge is -2.22. The molecule has 0 heterocycles. The molecular formula is C11H21N3. The highest BCUT2D eigenvalue weighted by Crippen LogP contribution is 2.18. The monoisotopic (exact) mass is 195 g/mol. The number of rotatable bonds is 7. The molecular weight excluding hydrogens is 174 g/mol. The number of nitriles is 1. The van der Waals surface area contributed by atoms with Crippen molar-refractivity contribution in [2.24, 2.45) is 0 Å². The lowest BCUT2D eigenvalue weighted by Crippen LogP contribution is -2.31. The summed E-state index contributed by atoms with van der Waals surface area (Å²) in [6.45, 7) is 4.31. The van der Waals surface area contributed by atoms with Crippen LogP contribution in [-0.2, 0) is 0 Å². The topological polar surface area (TPSA) is 39.1 Å². The Bertz CT molecular complexity index is 193. The molecule has 1 fully saturated rings. The van der Waals surface area contributed by atoms with E-state index in [1.165, 1.54) is 19.3 Å². The smallest absolute Gasteiger partial charge is 0.0638 e. The zero-order chi connectivity index (χ0) is 10.4. The molecule has 1 atom stereocenters. The third-order valence-electron chi connectivity index (χ3n) is 2.84. The Balaban J connectivity index is 1.95. The fraction of sp³-hybridized carbons (Fsp3) is 0.909. The summed E-state index contributed by atoms with van der Waals surface area (Å²) in [6, 6.07) is 3.42. The van der Waals surface area contributed by atoms with Crippen molar-refractivity contribution in [3.05, 3.63) is 0 Å². The van der Waals surface area contributed by atoms with E-state index < -0.39 is 0 Å². The van der Waals surface area contributed by atoms with Gasteiger partial charge in [-0.05, 0) is 46.3 Å². The van der Waals surface area contributed by atoms with Crippen molar-refractivity contribution in [2.45, 2.75) is 44.7 Å². The van der Waals surface area contributed by atoms with Gasteiger partial charge in [-0.25, -0.2) is 0 Å². The molecule has 80 valence electrons. The average molecular weight is 195 g/mol. The lowest BCUT2D eigenvalue weighted by molar-refractivity contribution is 0.256. The summed E-state index contributed by atoms with van der Waals surface area (Å²) < 4.78 is 0. The SMILES string of the molecule is CC(CC#N)N(C)CCCNC1CC1. The minimum absolute atomic E-state index is 0.390. The van der Waals surface area contributed by atoms with Gasteiger partial charge in [0.1, 0.15) is 0 Å². The molecule has 1 aliphatic carbocycles. The van der Waals surface area contributed by atoms with Gasteiger partial charge in [-0.2, -0.15) is 5.26 Å². The second kappa shape index (κ2) is 6.00. The van der Waals surface area contributed by atoms with Gasteiger partial charge in [0, 0.05) is 12.1 Å².